The summed E-state index contributed by atoms with van der Waals surface area (Å²) in [5, 5.41) is 0. The van der Waals surface area contributed by atoms with E-state index in [1.165, 1.54) is 38.5 Å². The second-order valence-corrected chi connectivity index (χ2v) is 6.28. The highest BCUT2D eigenvalue weighted by Crippen LogP contribution is 2.52. The molecule has 0 aromatic carbocycles. The molecular formula is C11H21O3P. The van der Waals surface area contributed by atoms with Crippen molar-refractivity contribution in [2.75, 3.05) is 20.8 Å². The normalized spacial score (nSPS) is 35.0. The predicted octanol–water partition coefficient (Wildman–Crippen LogP) is 3.49. The maximum atomic E-state index is 5.72. The summed E-state index contributed by atoms with van der Waals surface area (Å²) in [7, 11) is 2.19. The molecule has 0 aromatic rings. The first kappa shape index (κ1) is 11.8. The van der Waals surface area contributed by atoms with E-state index in [1.807, 2.05) is 0 Å². The molecule has 0 atom stereocenters. The largest absolute Gasteiger partial charge is 0.332 e. The van der Waals surface area contributed by atoms with Crippen LogP contribution in [0, 0.1) is 11.3 Å². The topological polar surface area (TPSA) is 27.7 Å². The third-order valence-corrected chi connectivity index (χ3v) is 4.96. The third-order valence-electron chi connectivity index (χ3n) is 4.02. The van der Waals surface area contributed by atoms with Crippen LogP contribution >= 0.6 is 8.60 Å². The van der Waals surface area contributed by atoms with Crippen molar-refractivity contribution in [3.63, 3.8) is 0 Å². The lowest BCUT2D eigenvalue weighted by Crippen LogP contribution is -2.37. The van der Waals surface area contributed by atoms with Gasteiger partial charge in [-0.1, -0.05) is 0 Å². The van der Waals surface area contributed by atoms with Crippen LogP contribution in [-0.4, -0.2) is 20.8 Å². The molecule has 88 valence electrons. The maximum Gasteiger partial charge on any atom is 0.332 e. The highest BCUT2D eigenvalue weighted by atomic mass is 31.2. The molecule has 0 heterocycles. The summed E-state index contributed by atoms with van der Waals surface area (Å²) in [5.74, 6) is 1.01. The van der Waals surface area contributed by atoms with Crippen LogP contribution in [0.5, 0.6) is 0 Å². The third kappa shape index (κ3) is 2.71. The van der Waals surface area contributed by atoms with E-state index in [4.69, 9.17) is 13.6 Å². The molecule has 3 saturated carbocycles. The zero-order valence-corrected chi connectivity index (χ0v) is 10.6. The Morgan fingerprint density at radius 3 is 2.07 bits per heavy atom. The highest BCUT2D eigenvalue weighted by Gasteiger charge is 2.41. The average Bonchev–Trinajstić information content (AvgIpc) is 2.33. The summed E-state index contributed by atoms with van der Waals surface area (Å²) in [5.41, 5.74) is 0.451. The number of hydrogen-bond donors (Lipinski definition) is 0. The Kier molecular flexibility index (Phi) is 4.00. The molecule has 3 fully saturated rings. The number of fused-ring (bicyclic) bond motifs is 3. The summed E-state index contributed by atoms with van der Waals surface area (Å²) >= 11 is 0. The highest BCUT2D eigenvalue weighted by molar-refractivity contribution is 7.41. The van der Waals surface area contributed by atoms with E-state index in [0.29, 0.717) is 5.41 Å². The van der Waals surface area contributed by atoms with Gasteiger partial charge in [-0.2, -0.15) is 0 Å². The van der Waals surface area contributed by atoms with E-state index >= 15 is 0 Å². The van der Waals surface area contributed by atoms with Gasteiger partial charge in [0.15, 0.2) is 0 Å². The minimum Gasteiger partial charge on any atom is -0.316 e. The maximum absolute atomic E-state index is 5.72. The first-order valence-corrected chi connectivity index (χ1v) is 6.89. The van der Waals surface area contributed by atoms with E-state index in [0.717, 1.165) is 12.5 Å². The van der Waals surface area contributed by atoms with Crippen LogP contribution in [0.3, 0.4) is 0 Å². The van der Waals surface area contributed by atoms with E-state index in [2.05, 4.69) is 0 Å². The van der Waals surface area contributed by atoms with Gasteiger partial charge in [0.1, 0.15) is 0 Å². The second kappa shape index (κ2) is 5.09. The van der Waals surface area contributed by atoms with Crippen LogP contribution in [0.1, 0.15) is 38.5 Å². The summed E-state index contributed by atoms with van der Waals surface area (Å²) in [6.07, 6.45) is 8.24. The molecule has 0 amide bonds. The van der Waals surface area contributed by atoms with Gasteiger partial charge < -0.3 is 13.6 Å². The van der Waals surface area contributed by atoms with Crippen LogP contribution in [0.15, 0.2) is 0 Å². The zero-order chi connectivity index (χ0) is 10.7. The molecule has 0 N–H and O–H groups in total. The summed E-state index contributed by atoms with van der Waals surface area (Å²) < 4.78 is 15.9. The van der Waals surface area contributed by atoms with Crippen molar-refractivity contribution in [3.05, 3.63) is 0 Å². The minimum atomic E-state index is -1.10. The SMILES string of the molecule is COP(OC)OCC12CCC(CC1)CC2. The molecule has 0 spiro atoms. The fourth-order valence-electron chi connectivity index (χ4n) is 2.93. The van der Waals surface area contributed by atoms with Crippen LogP contribution in [0.4, 0.5) is 0 Å². The average molecular weight is 232 g/mol. The van der Waals surface area contributed by atoms with Crippen molar-refractivity contribution in [1.82, 2.24) is 0 Å². The summed E-state index contributed by atoms with van der Waals surface area (Å²) in [4.78, 5) is 0. The molecule has 3 aliphatic carbocycles. The molecular weight excluding hydrogens is 211 g/mol. The standard InChI is InChI=1S/C11H21O3P/c1-12-15(13-2)14-9-11-6-3-10(4-7-11)5-8-11/h10H,3-9H2,1-2H3. The lowest BCUT2D eigenvalue weighted by Gasteiger charge is -2.46. The van der Waals surface area contributed by atoms with E-state index < -0.39 is 8.60 Å². The Bertz CT molecular complexity index is 184. The quantitative estimate of drug-likeness (QED) is 0.679. The first-order valence-electron chi connectivity index (χ1n) is 5.79. The smallest absolute Gasteiger partial charge is 0.316 e. The first-order chi connectivity index (χ1) is 7.28. The summed E-state index contributed by atoms with van der Waals surface area (Å²) in [6.45, 7) is 0.826. The predicted molar refractivity (Wildman–Crippen MR) is 60.5 cm³/mol. The fraction of sp³-hybridized carbons (Fsp3) is 1.00. The Balaban J connectivity index is 1.82. The van der Waals surface area contributed by atoms with Crippen molar-refractivity contribution >= 4 is 8.60 Å². The van der Waals surface area contributed by atoms with Crippen molar-refractivity contribution < 1.29 is 13.6 Å². The van der Waals surface area contributed by atoms with E-state index in [-0.39, 0.29) is 0 Å². The number of hydrogen-bond acceptors (Lipinski definition) is 3. The molecule has 4 heteroatoms. The lowest BCUT2D eigenvalue weighted by molar-refractivity contribution is 0.0124. The Morgan fingerprint density at radius 1 is 1.07 bits per heavy atom. The van der Waals surface area contributed by atoms with Gasteiger partial charge in [0.25, 0.3) is 0 Å². The van der Waals surface area contributed by atoms with Gasteiger partial charge in [0.05, 0.1) is 6.61 Å². The molecule has 3 aliphatic rings. The molecule has 0 aliphatic heterocycles. The fourth-order valence-corrected chi connectivity index (χ4v) is 3.66. The second-order valence-electron chi connectivity index (χ2n) is 4.84. The van der Waals surface area contributed by atoms with Crippen molar-refractivity contribution in [1.29, 1.82) is 0 Å². The van der Waals surface area contributed by atoms with Crippen LogP contribution in [0.2, 0.25) is 0 Å². The minimum absolute atomic E-state index is 0.451. The van der Waals surface area contributed by atoms with Gasteiger partial charge in [-0.25, -0.2) is 0 Å². The lowest BCUT2D eigenvalue weighted by atomic mass is 9.61. The molecule has 0 aromatic heterocycles. The van der Waals surface area contributed by atoms with Crippen LogP contribution < -0.4 is 0 Å². The monoisotopic (exact) mass is 232 g/mol. The van der Waals surface area contributed by atoms with Gasteiger partial charge in [-0.15, -0.1) is 0 Å². The van der Waals surface area contributed by atoms with Crippen molar-refractivity contribution in [2.45, 2.75) is 38.5 Å². The van der Waals surface area contributed by atoms with Gasteiger partial charge in [0.2, 0.25) is 0 Å². The zero-order valence-electron chi connectivity index (χ0n) is 9.70. The van der Waals surface area contributed by atoms with Gasteiger partial charge in [-0.3, -0.25) is 0 Å². The van der Waals surface area contributed by atoms with Gasteiger partial charge in [0, 0.05) is 14.2 Å². The molecule has 3 rings (SSSR count). The Morgan fingerprint density at radius 2 is 1.60 bits per heavy atom. The molecule has 0 unspecified atom stereocenters. The Hall–Kier alpha value is 0.310. The van der Waals surface area contributed by atoms with Crippen molar-refractivity contribution in [3.8, 4) is 0 Å². The molecule has 15 heavy (non-hydrogen) atoms. The van der Waals surface area contributed by atoms with Crippen molar-refractivity contribution in [2.24, 2.45) is 11.3 Å². The molecule has 0 saturated heterocycles. The summed E-state index contributed by atoms with van der Waals surface area (Å²) in [6, 6.07) is 0. The van der Waals surface area contributed by atoms with Gasteiger partial charge in [-0.05, 0) is 49.9 Å². The molecule has 0 radical (unpaired) electrons. The van der Waals surface area contributed by atoms with Gasteiger partial charge >= 0.3 is 8.60 Å². The van der Waals surface area contributed by atoms with E-state index in [1.54, 1.807) is 14.2 Å². The number of rotatable bonds is 5. The Labute approximate surface area is 93.5 Å². The van der Waals surface area contributed by atoms with Crippen LogP contribution in [0.25, 0.3) is 0 Å². The molecule has 3 nitrogen and oxygen atoms in total. The van der Waals surface area contributed by atoms with E-state index in [9.17, 15) is 0 Å². The molecule has 2 bridgehead atoms. The van der Waals surface area contributed by atoms with Crippen LogP contribution in [-0.2, 0) is 13.6 Å².